The van der Waals surface area contributed by atoms with Crippen LogP contribution in [0.15, 0.2) is 78.1 Å². The minimum atomic E-state index is 0.286. The normalized spacial score (nSPS) is 14.2. The van der Waals surface area contributed by atoms with E-state index in [1.54, 1.807) is 6.08 Å². The van der Waals surface area contributed by atoms with Crippen LogP contribution in [0.2, 0.25) is 0 Å². The van der Waals surface area contributed by atoms with Crippen molar-refractivity contribution in [2.75, 3.05) is 0 Å². The fourth-order valence-corrected chi connectivity index (χ4v) is 1.90. The quantitative estimate of drug-likeness (QED) is 0.481. The summed E-state index contributed by atoms with van der Waals surface area (Å²) >= 11 is 0. The smallest absolute Gasteiger partial charge is 0.119 e. The molecule has 22 heavy (non-hydrogen) atoms. The number of rotatable bonds is 6. The highest BCUT2D eigenvalue weighted by Gasteiger charge is 2.02. The molecule has 0 saturated carbocycles. The fraction of sp³-hybridized carbons (Fsp3) is 0.238. The molecular formula is C21H26O. The monoisotopic (exact) mass is 294 g/mol. The second-order valence-electron chi connectivity index (χ2n) is 5.43. The van der Waals surface area contributed by atoms with Crippen LogP contribution in [0.5, 0.6) is 0 Å². The molecule has 116 valence electrons. The molecule has 0 amide bonds. The highest BCUT2D eigenvalue weighted by atomic mass is 16.3. The van der Waals surface area contributed by atoms with Crippen molar-refractivity contribution in [3.8, 4) is 0 Å². The molecule has 1 heteroatoms. The van der Waals surface area contributed by atoms with Gasteiger partial charge in [-0.05, 0) is 50.0 Å². The number of hydrogen-bond donors (Lipinski definition) is 1. The molecule has 0 atom stereocenters. The van der Waals surface area contributed by atoms with Crippen LogP contribution in [0.4, 0.5) is 0 Å². The van der Waals surface area contributed by atoms with Crippen molar-refractivity contribution in [1.82, 2.24) is 0 Å². The zero-order valence-corrected chi connectivity index (χ0v) is 14.1. The van der Waals surface area contributed by atoms with Crippen molar-refractivity contribution in [3.63, 3.8) is 0 Å². The van der Waals surface area contributed by atoms with Gasteiger partial charge in [0.05, 0.1) is 0 Å². The number of hydrogen-bond acceptors (Lipinski definition) is 1. The Kier molecular flexibility index (Phi) is 7.18. The first-order chi connectivity index (χ1) is 10.5. The standard InChI is InChI=1S/C21H26O/c1-6-8-20(19-13-10-17(4)11-14-19)15-21(22)18(5)12-9-16(3)7-2/h7-15,22H,2,6H2,1,3-5H3/b16-9-,18-12+,20-8+,21-15-. The fourth-order valence-electron chi connectivity index (χ4n) is 1.90. The van der Waals surface area contributed by atoms with Gasteiger partial charge in [0.25, 0.3) is 0 Å². The lowest BCUT2D eigenvalue weighted by Gasteiger charge is -2.06. The molecule has 1 N–H and O–H groups in total. The first-order valence-electron chi connectivity index (χ1n) is 7.63. The topological polar surface area (TPSA) is 20.2 Å². The SMILES string of the molecule is C=C\C(C)=C/C=C(C)/C(O)=C/C(=C\CC)c1ccc(C)cc1. The Morgan fingerprint density at radius 3 is 2.32 bits per heavy atom. The van der Waals surface area contributed by atoms with Crippen LogP contribution in [-0.4, -0.2) is 5.11 Å². The van der Waals surface area contributed by atoms with Crippen molar-refractivity contribution in [1.29, 1.82) is 0 Å². The molecule has 0 heterocycles. The van der Waals surface area contributed by atoms with Gasteiger partial charge in [-0.15, -0.1) is 0 Å². The molecular weight excluding hydrogens is 268 g/mol. The van der Waals surface area contributed by atoms with E-state index < -0.39 is 0 Å². The lowest BCUT2D eigenvalue weighted by Crippen LogP contribution is -1.88. The van der Waals surface area contributed by atoms with Crippen molar-refractivity contribution >= 4 is 5.57 Å². The molecule has 1 aromatic carbocycles. The first kappa shape index (κ1) is 17.8. The van der Waals surface area contributed by atoms with E-state index in [-0.39, 0.29) is 5.76 Å². The molecule has 0 spiro atoms. The van der Waals surface area contributed by atoms with Gasteiger partial charge in [-0.1, -0.05) is 73.2 Å². The molecule has 1 nitrogen and oxygen atoms in total. The Balaban J connectivity index is 3.10. The van der Waals surface area contributed by atoms with E-state index in [2.05, 4.69) is 50.8 Å². The van der Waals surface area contributed by atoms with Crippen LogP contribution in [0.3, 0.4) is 0 Å². The minimum Gasteiger partial charge on any atom is -0.508 e. The molecule has 0 fully saturated rings. The molecule has 0 bridgehead atoms. The Labute approximate surface area is 134 Å². The van der Waals surface area contributed by atoms with Gasteiger partial charge < -0.3 is 5.11 Å². The molecule has 0 aliphatic rings. The summed E-state index contributed by atoms with van der Waals surface area (Å²) in [6, 6.07) is 8.34. The second-order valence-corrected chi connectivity index (χ2v) is 5.43. The molecule has 0 aliphatic carbocycles. The molecule has 0 unspecified atom stereocenters. The Hall–Kier alpha value is -2.28. The number of allylic oxidation sites excluding steroid dienone is 8. The molecule has 0 aromatic heterocycles. The lowest BCUT2D eigenvalue weighted by molar-refractivity contribution is 0.424. The van der Waals surface area contributed by atoms with Crippen molar-refractivity contribution < 1.29 is 5.11 Å². The molecule has 1 aromatic rings. The Morgan fingerprint density at radius 1 is 1.14 bits per heavy atom. The summed E-state index contributed by atoms with van der Waals surface area (Å²) in [5.74, 6) is 0.286. The van der Waals surface area contributed by atoms with E-state index in [1.807, 2.05) is 32.1 Å². The summed E-state index contributed by atoms with van der Waals surface area (Å²) in [5.41, 5.74) is 5.28. The van der Waals surface area contributed by atoms with Crippen LogP contribution in [0, 0.1) is 6.92 Å². The zero-order chi connectivity index (χ0) is 16.5. The van der Waals surface area contributed by atoms with Crippen LogP contribution in [0.25, 0.3) is 5.57 Å². The van der Waals surface area contributed by atoms with Gasteiger partial charge in [-0.25, -0.2) is 0 Å². The highest BCUT2D eigenvalue weighted by molar-refractivity contribution is 5.75. The van der Waals surface area contributed by atoms with Gasteiger partial charge in [-0.2, -0.15) is 0 Å². The lowest BCUT2D eigenvalue weighted by atomic mass is 10.0. The van der Waals surface area contributed by atoms with Gasteiger partial charge in [-0.3, -0.25) is 0 Å². The highest BCUT2D eigenvalue weighted by Crippen LogP contribution is 2.21. The summed E-state index contributed by atoms with van der Waals surface area (Å²) < 4.78 is 0. The predicted molar refractivity (Wildman–Crippen MR) is 97.9 cm³/mol. The van der Waals surface area contributed by atoms with Crippen LogP contribution in [0.1, 0.15) is 38.3 Å². The molecule has 0 radical (unpaired) electrons. The number of benzene rings is 1. The number of aliphatic hydroxyl groups excluding tert-OH is 1. The summed E-state index contributed by atoms with van der Waals surface area (Å²) in [4.78, 5) is 0. The Bertz CT molecular complexity index is 622. The summed E-state index contributed by atoms with van der Waals surface area (Å²) in [7, 11) is 0. The van der Waals surface area contributed by atoms with Gasteiger partial charge >= 0.3 is 0 Å². The number of aliphatic hydroxyl groups is 1. The third-order valence-electron chi connectivity index (χ3n) is 3.42. The van der Waals surface area contributed by atoms with Crippen LogP contribution >= 0.6 is 0 Å². The van der Waals surface area contributed by atoms with Gasteiger partial charge in [0.15, 0.2) is 0 Å². The van der Waals surface area contributed by atoms with Crippen LogP contribution < -0.4 is 0 Å². The minimum absolute atomic E-state index is 0.286. The predicted octanol–water partition coefficient (Wildman–Crippen LogP) is 6.31. The Morgan fingerprint density at radius 2 is 1.77 bits per heavy atom. The largest absolute Gasteiger partial charge is 0.508 e. The van der Waals surface area contributed by atoms with Gasteiger partial charge in [0.2, 0.25) is 0 Å². The second kappa shape index (κ2) is 8.89. The third kappa shape index (κ3) is 5.61. The van der Waals surface area contributed by atoms with Gasteiger partial charge in [0, 0.05) is 0 Å². The molecule has 0 saturated heterocycles. The zero-order valence-electron chi connectivity index (χ0n) is 14.1. The molecule has 0 aliphatic heterocycles. The van der Waals surface area contributed by atoms with Crippen LogP contribution in [-0.2, 0) is 0 Å². The maximum Gasteiger partial charge on any atom is 0.119 e. The maximum atomic E-state index is 10.3. The van der Waals surface area contributed by atoms with E-state index in [4.69, 9.17) is 0 Å². The first-order valence-corrected chi connectivity index (χ1v) is 7.63. The summed E-state index contributed by atoms with van der Waals surface area (Å²) in [5, 5.41) is 10.3. The van der Waals surface area contributed by atoms with E-state index >= 15 is 0 Å². The van der Waals surface area contributed by atoms with Crippen molar-refractivity contribution in [2.45, 2.75) is 34.1 Å². The molecule has 1 rings (SSSR count). The number of aryl methyl sites for hydroxylation is 1. The van der Waals surface area contributed by atoms with Gasteiger partial charge in [0.1, 0.15) is 5.76 Å². The average molecular weight is 294 g/mol. The van der Waals surface area contributed by atoms with E-state index in [9.17, 15) is 5.11 Å². The van der Waals surface area contributed by atoms with Crippen molar-refractivity contribution in [2.24, 2.45) is 0 Å². The summed E-state index contributed by atoms with van der Waals surface area (Å²) in [6.07, 6.45) is 10.5. The van der Waals surface area contributed by atoms with E-state index in [0.717, 1.165) is 28.7 Å². The van der Waals surface area contributed by atoms with Crippen molar-refractivity contribution in [3.05, 3.63) is 89.3 Å². The summed E-state index contributed by atoms with van der Waals surface area (Å²) in [6.45, 7) is 11.8. The van der Waals surface area contributed by atoms with E-state index in [0.29, 0.717) is 0 Å². The average Bonchev–Trinajstić information content (AvgIpc) is 2.52. The van der Waals surface area contributed by atoms with E-state index in [1.165, 1.54) is 5.56 Å². The maximum absolute atomic E-state index is 10.3. The third-order valence-corrected chi connectivity index (χ3v) is 3.42.